The summed E-state index contributed by atoms with van der Waals surface area (Å²) >= 11 is 0. The van der Waals surface area contributed by atoms with Crippen LogP contribution in [0.3, 0.4) is 0 Å². The van der Waals surface area contributed by atoms with Gasteiger partial charge in [-0.2, -0.15) is 5.10 Å². The van der Waals surface area contributed by atoms with Crippen LogP contribution in [0.25, 0.3) is 11.1 Å². The zero-order valence-corrected chi connectivity index (χ0v) is 13.5. The molecule has 2 aromatic rings. The van der Waals surface area contributed by atoms with Crippen molar-refractivity contribution in [3.8, 4) is 11.1 Å². The fraction of sp³-hybridized carbons (Fsp3) is 0.471. The number of anilines is 1. The van der Waals surface area contributed by atoms with Gasteiger partial charge in [0.15, 0.2) is 0 Å². The summed E-state index contributed by atoms with van der Waals surface area (Å²) in [5, 5.41) is 4.20. The Bertz CT molecular complexity index is 608. The van der Waals surface area contributed by atoms with Crippen LogP contribution in [0.4, 0.5) is 5.82 Å². The Morgan fingerprint density at radius 3 is 2.32 bits per heavy atom. The van der Waals surface area contributed by atoms with Gasteiger partial charge < -0.3 is 15.5 Å². The van der Waals surface area contributed by atoms with E-state index in [-0.39, 0.29) is 0 Å². The minimum atomic E-state index is 0.713. The zero-order chi connectivity index (χ0) is 15.5. The highest BCUT2D eigenvalue weighted by Crippen LogP contribution is 2.25. The molecule has 0 unspecified atom stereocenters. The number of hydrogen-bond donors (Lipinski definition) is 1. The molecule has 2 N–H and O–H groups in total. The molecule has 1 aliphatic rings. The van der Waals surface area contributed by atoms with Crippen LogP contribution >= 0.6 is 0 Å². The third kappa shape index (κ3) is 3.31. The number of benzene rings is 1. The van der Waals surface area contributed by atoms with Crippen LogP contribution in [0.5, 0.6) is 0 Å². The highest BCUT2D eigenvalue weighted by Gasteiger charge is 2.13. The fourth-order valence-electron chi connectivity index (χ4n) is 2.88. The van der Waals surface area contributed by atoms with Crippen molar-refractivity contribution < 1.29 is 0 Å². The number of nitrogens with two attached hydrogens (primary N) is 1. The number of hydrogen-bond acceptors (Lipinski definition) is 4. The van der Waals surface area contributed by atoms with Crippen LogP contribution in [0.15, 0.2) is 30.5 Å². The van der Waals surface area contributed by atoms with E-state index < -0.39 is 0 Å². The van der Waals surface area contributed by atoms with E-state index in [1.54, 1.807) is 4.68 Å². The molecule has 0 amide bonds. The van der Waals surface area contributed by atoms with Crippen molar-refractivity contribution in [3.05, 3.63) is 36.0 Å². The lowest BCUT2D eigenvalue weighted by Gasteiger charge is -2.32. The monoisotopic (exact) mass is 299 g/mol. The first kappa shape index (κ1) is 15.1. The summed E-state index contributed by atoms with van der Waals surface area (Å²) in [5.74, 6) is 0.713. The molecular weight excluding hydrogens is 274 g/mol. The normalized spacial score (nSPS) is 17.0. The van der Waals surface area contributed by atoms with E-state index in [1.165, 1.54) is 31.7 Å². The lowest BCUT2D eigenvalue weighted by molar-refractivity contribution is 0.155. The summed E-state index contributed by atoms with van der Waals surface area (Å²) in [6.07, 6.45) is 2.93. The second-order valence-electron chi connectivity index (χ2n) is 6.16. The first-order chi connectivity index (χ1) is 10.6. The summed E-state index contributed by atoms with van der Waals surface area (Å²) in [6.45, 7) is 5.86. The molecule has 0 radical (unpaired) electrons. The van der Waals surface area contributed by atoms with Crippen LogP contribution in [0.1, 0.15) is 5.56 Å². The largest absolute Gasteiger partial charge is 0.383 e. The number of aromatic nitrogens is 2. The molecule has 0 bridgehead atoms. The van der Waals surface area contributed by atoms with E-state index in [4.69, 9.17) is 5.73 Å². The molecule has 22 heavy (non-hydrogen) atoms. The molecule has 5 nitrogen and oxygen atoms in total. The van der Waals surface area contributed by atoms with Gasteiger partial charge in [0.1, 0.15) is 5.82 Å². The maximum Gasteiger partial charge on any atom is 0.129 e. The molecule has 1 saturated heterocycles. The first-order valence-electron chi connectivity index (χ1n) is 7.91. The number of rotatable bonds is 4. The van der Waals surface area contributed by atoms with Gasteiger partial charge in [-0.25, -0.2) is 0 Å². The first-order valence-corrected chi connectivity index (χ1v) is 7.91. The molecule has 0 atom stereocenters. The third-order valence-electron chi connectivity index (χ3n) is 4.56. The van der Waals surface area contributed by atoms with Gasteiger partial charge in [0.25, 0.3) is 0 Å². The van der Waals surface area contributed by atoms with Gasteiger partial charge >= 0.3 is 0 Å². The standard InChI is InChI=1S/C17H25N5/c1-20-9-11-22(12-10-20)8-7-14-3-5-15(6-4-14)16-13-19-21(2)17(16)18/h3-6,13H,7-12,18H2,1-2H3. The molecule has 2 heterocycles. The van der Waals surface area contributed by atoms with E-state index in [9.17, 15) is 0 Å². The summed E-state index contributed by atoms with van der Waals surface area (Å²) < 4.78 is 1.70. The third-order valence-corrected chi connectivity index (χ3v) is 4.56. The van der Waals surface area contributed by atoms with Crippen molar-refractivity contribution in [2.24, 2.45) is 7.05 Å². The maximum absolute atomic E-state index is 6.03. The number of likely N-dealkylation sites (N-methyl/N-ethyl adjacent to an activating group) is 1. The zero-order valence-electron chi connectivity index (χ0n) is 13.5. The minimum Gasteiger partial charge on any atom is -0.383 e. The average Bonchev–Trinajstić information content (AvgIpc) is 2.87. The Morgan fingerprint density at radius 2 is 1.73 bits per heavy atom. The summed E-state index contributed by atoms with van der Waals surface area (Å²) in [4.78, 5) is 4.94. The van der Waals surface area contributed by atoms with Crippen molar-refractivity contribution in [3.63, 3.8) is 0 Å². The fourth-order valence-corrected chi connectivity index (χ4v) is 2.88. The van der Waals surface area contributed by atoms with E-state index in [2.05, 4.69) is 46.2 Å². The lowest BCUT2D eigenvalue weighted by Crippen LogP contribution is -2.45. The Hall–Kier alpha value is -1.85. The van der Waals surface area contributed by atoms with Gasteiger partial charge in [0.05, 0.1) is 6.20 Å². The SMILES string of the molecule is CN1CCN(CCc2ccc(-c3cnn(C)c3N)cc2)CC1. The van der Waals surface area contributed by atoms with Crippen LogP contribution in [-0.4, -0.2) is 59.4 Å². The highest BCUT2D eigenvalue weighted by atomic mass is 15.3. The van der Waals surface area contributed by atoms with E-state index in [0.717, 1.165) is 24.1 Å². The lowest BCUT2D eigenvalue weighted by atomic mass is 10.0. The summed E-state index contributed by atoms with van der Waals surface area (Å²) in [7, 11) is 4.06. The summed E-state index contributed by atoms with van der Waals surface area (Å²) in [5.41, 5.74) is 9.55. The maximum atomic E-state index is 6.03. The van der Waals surface area contributed by atoms with Crippen molar-refractivity contribution in [1.29, 1.82) is 0 Å². The predicted molar refractivity (Wildman–Crippen MR) is 90.7 cm³/mol. The Balaban J connectivity index is 1.59. The smallest absolute Gasteiger partial charge is 0.129 e. The molecule has 1 aliphatic heterocycles. The molecular formula is C17H25N5. The van der Waals surface area contributed by atoms with Crippen molar-refractivity contribution in [1.82, 2.24) is 19.6 Å². The molecule has 5 heteroatoms. The molecule has 0 saturated carbocycles. The average molecular weight is 299 g/mol. The number of aryl methyl sites for hydroxylation is 1. The van der Waals surface area contributed by atoms with Gasteiger partial charge in [-0.05, 0) is 24.6 Å². The molecule has 1 aromatic heterocycles. The van der Waals surface area contributed by atoms with E-state index >= 15 is 0 Å². The molecule has 1 aromatic carbocycles. The van der Waals surface area contributed by atoms with Gasteiger partial charge in [0, 0.05) is 45.3 Å². The molecule has 0 spiro atoms. The summed E-state index contributed by atoms with van der Waals surface area (Å²) in [6, 6.07) is 8.70. The second kappa shape index (κ2) is 6.50. The van der Waals surface area contributed by atoms with E-state index in [1.807, 2.05) is 13.2 Å². The van der Waals surface area contributed by atoms with Gasteiger partial charge in [-0.15, -0.1) is 0 Å². The Morgan fingerprint density at radius 1 is 1.05 bits per heavy atom. The van der Waals surface area contributed by atoms with Crippen molar-refractivity contribution in [2.45, 2.75) is 6.42 Å². The van der Waals surface area contributed by atoms with Crippen LogP contribution in [0, 0.1) is 0 Å². The Labute approximate surface area is 132 Å². The van der Waals surface area contributed by atoms with Gasteiger partial charge in [-0.1, -0.05) is 24.3 Å². The molecule has 3 rings (SSSR count). The molecule has 118 valence electrons. The topological polar surface area (TPSA) is 50.3 Å². The Kier molecular flexibility index (Phi) is 4.45. The molecule has 0 aliphatic carbocycles. The minimum absolute atomic E-state index is 0.713. The van der Waals surface area contributed by atoms with Crippen molar-refractivity contribution in [2.75, 3.05) is 45.5 Å². The molecule has 1 fully saturated rings. The van der Waals surface area contributed by atoms with Crippen LogP contribution in [0.2, 0.25) is 0 Å². The van der Waals surface area contributed by atoms with Crippen LogP contribution in [-0.2, 0) is 13.5 Å². The second-order valence-corrected chi connectivity index (χ2v) is 6.16. The predicted octanol–water partition coefficient (Wildman–Crippen LogP) is 1.46. The van der Waals surface area contributed by atoms with Gasteiger partial charge in [0.2, 0.25) is 0 Å². The van der Waals surface area contributed by atoms with Gasteiger partial charge in [-0.3, -0.25) is 4.68 Å². The van der Waals surface area contributed by atoms with Crippen molar-refractivity contribution >= 4 is 5.82 Å². The number of nitrogen functional groups attached to an aromatic ring is 1. The number of nitrogens with zero attached hydrogens (tertiary/aromatic N) is 4. The number of piperazine rings is 1. The highest BCUT2D eigenvalue weighted by molar-refractivity contribution is 5.73. The quantitative estimate of drug-likeness (QED) is 0.928. The van der Waals surface area contributed by atoms with E-state index in [0.29, 0.717) is 5.82 Å². The van der Waals surface area contributed by atoms with Crippen LogP contribution < -0.4 is 5.73 Å².